The van der Waals surface area contributed by atoms with Gasteiger partial charge < -0.3 is 0 Å². The molecule has 0 unspecified atom stereocenters. The van der Waals surface area contributed by atoms with Crippen molar-refractivity contribution in [2.24, 2.45) is 17.8 Å². The van der Waals surface area contributed by atoms with Crippen LogP contribution in [0.25, 0.3) is 0 Å². The number of hydrogen-bond acceptors (Lipinski definition) is 7. The van der Waals surface area contributed by atoms with Gasteiger partial charge in [0, 0.05) is 17.2 Å². The molecule has 0 saturated carbocycles. The Hall–Kier alpha value is -4.12. The molecule has 0 bridgehead atoms. The van der Waals surface area contributed by atoms with Gasteiger partial charge in [0.2, 0.25) is 0 Å². The average molecular weight is 499 g/mol. The lowest BCUT2D eigenvalue weighted by atomic mass is 9.78. The van der Waals surface area contributed by atoms with Crippen LogP contribution < -0.4 is 0 Å². The van der Waals surface area contributed by atoms with E-state index in [-0.39, 0.29) is 22.1 Å². The third-order valence-electron chi connectivity index (χ3n) is 6.22. The molecule has 3 atom stereocenters. The zero-order chi connectivity index (χ0) is 25.4. The highest BCUT2D eigenvalue weighted by atomic mass is 35.5. The van der Waals surface area contributed by atoms with Gasteiger partial charge in [0.1, 0.15) is 5.56 Å². The van der Waals surface area contributed by atoms with Crippen LogP contribution in [0, 0.1) is 38.0 Å². The van der Waals surface area contributed by atoms with Crippen molar-refractivity contribution in [2.45, 2.75) is 19.9 Å². The second kappa shape index (κ2) is 9.26. The van der Waals surface area contributed by atoms with Gasteiger partial charge in [-0.05, 0) is 30.5 Å². The molecule has 0 spiro atoms. The molecular formula is C23H19ClN4O7. The quantitative estimate of drug-likeness (QED) is 0.254. The molecule has 1 aliphatic carbocycles. The van der Waals surface area contributed by atoms with Crippen LogP contribution in [-0.2, 0) is 16.1 Å². The number of nitro groups is 2. The first-order chi connectivity index (χ1) is 16.6. The van der Waals surface area contributed by atoms with Crippen LogP contribution in [0.1, 0.15) is 29.3 Å². The zero-order valence-corrected chi connectivity index (χ0v) is 19.1. The van der Waals surface area contributed by atoms with Gasteiger partial charge in [-0.2, -0.15) is 5.01 Å². The van der Waals surface area contributed by atoms with E-state index in [0.717, 1.165) is 17.1 Å². The van der Waals surface area contributed by atoms with Gasteiger partial charge in [0.15, 0.2) is 0 Å². The summed E-state index contributed by atoms with van der Waals surface area (Å²) < 4.78 is 0. The summed E-state index contributed by atoms with van der Waals surface area (Å²) in [6, 6.07) is 8.87. The van der Waals surface area contributed by atoms with Crippen molar-refractivity contribution in [3.63, 3.8) is 0 Å². The molecule has 12 heteroatoms. The first-order valence-electron chi connectivity index (χ1n) is 10.6. The maximum Gasteiger partial charge on any atom is 0.282 e. The SMILES string of the molecule is C[C@@H]1C=CC[C@H]2C(=O)N(N(Cc3ccc(Cl)cc3[N+](=O)[O-])C(=O)c3ccccc3[N+](=O)[O-])C(=O)[C@@H]12. The molecule has 4 rings (SSSR count). The molecule has 2 aromatic carbocycles. The van der Waals surface area contributed by atoms with Gasteiger partial charge in [-0.25, -0.2) is 5.01 Å². The third kappa shape index (κ3) is 4.26. The molecule has 35 heavy (non-hydrogen) atoms. The van der Waals surface area contributed by atoms with E-state index in [9.17, 15) is 34.6 Å². The van der Waals surface area contributed by atoms with E-state index in [0.29, 0.717) is 11.4 Å². The minimum atomic E-state index is -1.01. The number of rotatable bonds is 6. The van der Waals surface area contributed by atoms with Gasteiger partial charge in [0.05, 0.1) is 33.8 Å². The number of hydrogen-bond donors (Lipinski definition) is 0. The topological polar surface area (TPSA) is 144 Å². The van der Waals surface area contributed by atoms with Crippen LogP contribution in [0.4, 0.5) is 11.4 Å². The van der Waals surface area contributed by atoms with Crippen LogP contribution in [0.5, 0.6) is 0 Å². The van der Waals surface area contributed by atoms with Crippen molar-refractivity contribution >= 4 is 40.7 Å². The molecule has 1 fully saturated rings. The fourth-order valence-corrected chi connectivity index (χ4v) is 4.72. The summed E-state index contributed by atoms with van der Waals surface area (Å²) in [6.45, 7) is 1.22. The number of carbonyl (C=O) groups excluding carboxylic acids is 3. The Morgan fingerprint density at radius 3 is 2.43 bits per heavy atom. The monoisotopic (exact) mass is 498 g/mol. The Morgan fingerprint density at radius 1 is 1.09 bits per heavy atom. The Balaban J connectivity index is 1.84. The van der Waals surface area contributed by atoms with Crippen LogP contribution in [0.3, 0.4) is 0 Å². The molecule has 2 aromatic rings. The normalized spacial score (nSPS) is 21.1. The maximum atomic E-state index is 13.7. The van der Waals surface area contributed by atoms with Gasteiger partial charge in [0.25, 0.3) is 29.1 Å². The molecule has 180 valence electrons. The first kappa shape index (κ1) is 24.0. The molecule has 11 nitrogen and oxygen atoms in total. The number of nitro benzene ring substituents is 2. The van der Waals surface area contributed by atoms with Gasteiger partial charge in [-0.15, -0.1) is 0 Å². The van der Waals surface area contributed by atoms with Crippen LogP contribution in [0.2, 0.25) is 5.02 Å². The highest BCUT2D eigenvalue weighted by Gasteiger charge is 2.53. The van der Waals surface area contributed by atoms with Crippen molar-refractivity contribution in [2.75, 3.05) is 0 Å². The van der Waals surface area contributed by atoms with Crippen LogP contribution >= 0.6 is 11.6 Å². The summed E-state index contributed by atoms with van der Waals surface area (Å²) in [5.41, 5.74) is -1.33. The molecule has 3 amide bonds. The molecule has 0 aromatic heterocycles. The molecule has 2 aliphatic rings. The largest absolute Gasteiger partial charge is 0.282 e. The van der Waals surface area contributed by atoms with Crippen molar-refractivity contribution in [1.82, 2.24) is 10.0 Å². The van der Waals surface area contributed by atoms with E-state index in [1.54, 1.807) is 13.0 Å². The third-order valence-corrected chi connectivity index (χ3v) is 6.46. The number of nitrogens with zero attached hydrogens (tertiary/aromatic N) is 4. The highest BCUT2D eigenvalue weighted by Crippen LogP contribution is 2.40. The number of allylic oxidation sites excluding steroid dienone is 2. The number of hydrazine groups is 1. The molecule has 0 N–H and O–H groups in total. The van der Waals surface area contributed by atoms with Gasteiger partial charge in [-0.3, -0.25) is 34.6 Å². The summed E-state index contributed by atoms with van der Waals surface area (Å²) in [4.78, 5) is 62.1. The lowest BCUT2D eigenvalue weighted by molar-refractivity contribution is -0.385. The van der Waals surface area contributed by atoms with E-state index in [2.05, 4.69) is 0 Å². The molecule has 1 saturated heterocycles. The zero-order valence-electron chi connectivity index (χ0n) is 18.4. The number of carbonyl (C=O) groups is 3. The molecular weight excluding hydrogens is 480 g/mol. The Bertz CT molecular complexity index is 1290. The highest BCUT2D eigenvalue weighted by molar-refractivity contribution is 6.30. The maximum absolute atomic E-state index is 13.7. The smallest absolute Gasteiger partial charge is 0.272 e. The van der Waals surface area contributed by atoms with Crippen LogP contribution in [0.15, 0.2) is 54.6 Å². The fraction of sp³-hybridized carbons (Fsp3) is 0.261. The Labute approximate surface area is 203 Å². The lowest BCUT2D eigenvalue weighted by Crippen LogP contribution is -2.50. The van der Waals surface area contributed by atoms with E-state index < -0.39 is 57.3 Å². The number of amides is 3. The second-order valence-corrected chi connectivity index (χ2v) is 8.75. The summed E-state index contributed by atoms with van der Waals surface area (Å²) in [5, 5.41) is 24.7. The van der Waals surface area contributed by atoms with Crippen molar-refractivity contribution in [1.29, 1.82) is 0 Å². The number of imide groups is 1. The number of halogens is 1. The summed E-state index contributed by atoms with van der Waals surface area (Å²) in [7, 11) is 0. The standard InChI is InChI=1S/C23H19ClN4O7/c1-13-5-4-7-17-20(13)23(31)26(22(17)30)25(12-14-9-10-15(24)11-19(14)28(34)35)21(29)16-6-2-3-8-18(16)27(32)33/h2-6,8-11,13,17,20H,7,12H2,1H3/t13-,17-,20+/m1/s1. The Morgan fingerprint density at radius 2 is 1.77 bits per heavy atom. The van der Waals surface area contributed by atoms with E-state index >= 15 is 0 Å². The van der Waals surface area contributed by atoms with Crippen molar-refractivity contribution in [3.8, 4) is 0 Å². The average Bonchev–Trinajstić information content (AvgIpc) is 3.08. The minimum absolute atomic E-state index is 0.00650. The van der Waals surface area contributed by atoms with Crippen LogP contribution in [-0.4, -0.2) is 37.6 Å². The number of fused-ring (bicyclic) bond motifs is 1. The van der Waals surface area contributed by atoms with Gasteiger partial charge >= 0.3 is 0 Å². The summed E-state index contributed by atoms with van der Waals surface area (Å²) >= 11 is 5.90. The Kier molecular flexibility index (Phi) is 6.35. The van der Waals surface area contributed by atoms with Crippen molar-refractivity contribution in [3.05, 3.63) is 91.0 Å². The van der Waals surface area contributed by atoms with E-state index in [1.165, 1.54) is 30.3 Å². The lowest BCUT2D eigenvalue weighted by Gasteiger charge is -2.30. The first-order valence-corrected chi connectivity index (χ1v) is 11.0. The summed E-state index contributed by atoms with van der Waals surface area (Å²) in [5.74, 6) is -3.98. The predicted molar refractivity (Wildman–Crippen MR) is 123 cm³/mol. The number of benzene rings is 2. The number of para-hydroxylation sites is 1. The summed E-state index contributed by atoms with van der Waals surface area (Å²) in [6.07, 6.45) is 3.90. The van der Waals surface area contributed by atoms with E-state index in [1.807, 2.05) is 6.08 Å². The second-order valence-electron chi connectivity index (χ2n) is 8.31. The van der Waals surface area contributed by atoms with E-state index in [4.69, 9.17) is 11.6 Å². The van der Waals surface area contributed by atoms with Gasteiger partial charge in [-0.1, -0.05) is 42.8 Å². The molecule has 0 radical (unpaired) electrons. The molecule has 1 aliphatic heterocycles. The molecule has 1 heterocycles. The fourth-order valence-electron chi connectivity index (χ4n) is 4.56. The minimum Gasteiger partial charge on any atom is -0.272 e. The predicted octanol–water partition coefficient (Wildman–Crippen LogP) is 3.91. The van der Waals surface area contributed by atoms with Crippen molar-refractivity contribution < 1.29 is 24.2 Å².